The number of carbonyl (C=O) groups is 4. The summed E-state index contributed by atoms with van der Waals surface area (Å²) in [5.74, 6) is -2.05. The predicted octanol–water partition coefficient (Wildman–Crippen LogP) is 0.835. The fourth-order valence-corrected chi connectivity index (χ4v) is 3.18. The van der Waals surface area contributed by atoms with Crippen LogP contribution in [0.25, 0.3) is 0 Å². The third-order valence-corrected chi connectivity index (χ3v) is 4.54. The van der Waals surface area contributed by atoms with Crippen LogP contribution in [0.1, 0.15) is 42.5 Å². The summed E-state index contributed by atoms with van der Waals surface area (Å²) in [6.45, 7) is -0.649. The van der Waals surface area contributed by atoms with Gasteiger partial charge < -0.3 is 15.2 Å². The van der Waals surface area contributed by atoms with Gasteiger partial charge in [0.1, 0.15) is 11.3 Å². The largest absolute Gasteiger partial charge is 0.508 e. The van der Waals surface area contributed by atoms with Crippen LogP contribution in [0.15, 0.2) is 24.3 Å². The van der Waals surface area contributed by atoms with E-state index in [0.717, 1.165) is 19.3 Å². The van der Waals surface area contributed by atoms with Crippen molar-refractivity contribution in [3.05, 3.63) is 29.8 Å². The van der Waals surface area contributed by atoms with Crippen LogP contribution < -0.4 is 10.7 Å². The van der Waals surface area contributed by atoms with Crippen LogP contribution in [0.4, 0.5) is 4.79 Å². The van der Waals surface area contributed by atoms with Crippen molar-refractivity contribution >= 4 is 23.8 Å². The normalized spacial score (nSPS) is 18.5. The summed E-state index contributed by atoms with van der Waals surface area (Å²) >= 11 is 0. The van der Waals surface area contributed by atoms with Crippen molar-refractivity contribution in [1.29, 1.82) is 0 Å². The number of esters is 1. The Bertz CT molecular complexity index is 739. The Kier molecular flexibility index (Phi) is 4.79. The highest BCUT2D eigenvalue weighted by Crippen LogP contribution is 2.32. The summed E-state index contributed by atoms with van der Waals surface area (Å²) in [4.78, 5) is 48.3. The van der Waals surface area contributed by atoms with E-state index >= 15 is 0 Å². The average molecular weight is 361 g/mol. The lowest BCUT2D eigenvalue weighted by Gasteiger charge is -2.30. The number of rotatable bonds is 4. The maximum Gasteiger partial charge on any atom is 0.344 e. The molecule has 2 aliphatic rings. The zero-order valence-electron chi connectivity index (χ0n) is 14.0. The van der Waals surface area contributed by atoms with E-state index < -0.39 is 36.0 Å². The Morgan fingerprint density at radius 3 is 2.46 bits per heavy atom. The standard InChI is InChI=1S/C17H19N3O6/c21-12-6-4-11(5-7-12)14(23)26-10-13(22)19-20-15(24)17(18-16(20)25)8-2-1-3-9-17/h4-7,21H,1-3,8-10H2,(H,18,25)(H,19,22). The number of phenolic OH excluding ortho intramolecular Hbond substituents is 1. The number of amides is 4. The number of nitrogens with one attached hydrogen (secondary N) is 2. The van der Waals surface area contributed by atoms with Crippen LogP contribution >= 0.6 is 0 Å². The molecule has 26 heavy (non-hydrogen) atoms. The molecule has 3 N–H and O–H groups in total. The molecule has 0 aromatic heterocycles. The maximum absolute atomic E-state index is 12.5. The summed E-state index contributed by atoms with van der Waals surface area (Å²) in [6.07, 6.45) is 3.75. The van der Waals surface area contributed by atoms with Crippen molar-refractivity contribution in [2.24, 2.45) is 0 Å². The van der Waals surface area contributed by atoms with Crippen molar-refractivity contribution in [2.75, 3.05) is 6.61 Å². The minimum absolute atomic E-state index is 0.00510. The Morgan fingerprint density at radius 2 is 1.81 bits per heavy atom. The van der Waals surface area contributed by atoms with Gasteiger partial charge in [0.05, 0.1) is 5.56 Å². The highest BCUT2D eigenvalue weighted by Gasteiger charge is 2.52. The van der Waals surface area contributed by atoms with E-state index in [1.54, 1.807) is 0 Å². The number of urea groups is 1. The number of carbonyl (C=O) groups excluding carboxylic acids is 4. The van der Waals surface area contributed by atoms with Gasteiger partial charge in [-0.05, 0) is 37.1 Å². The minimum Gasteiger partial charge on any atom is -0.508 e. The summed E-state index contributed by atoms with van der Waals surface area (Å²) < 4.78 is 4.85. The van der Waals surface area contributed by atoms with E-state index in [1.807, 2.05) is 0 Å². The van der Waals surface area contributed by atoms with Crippen LogP contribution in [0, 0.1) is 0 Å². The molecule has 138 valence electrons. The molecule has 1 aromatic rings. The molecular weight excluding hydrogens is 342 g/mol. The van der Waals surface area contributed by atoms with Gasteiger partial charge in [-0.15, -0.1) is 0 Å². The molecule has 1 heterocycles. The predicted molar refractivity (Wildman–Crippen MR) is 87.7 cm³/mol. The van der Waals surface area contributed by atoms with Crippen molar-refractivity contribution in [2.45, 2.75) is 37.6 Å². The highest BCUT2D eigenvalue weighted by atomic mass is 16.5. The Labute approximate surface area is 149 Å². The highest BCUT2D eigenvalue weighted by molar-refractivity contribution is 6.08. The fraction of sp³-hybridized carbons (Fsp3) is 0.412. The number of imide groups is 1. The molecule has 1 aliphatic carbocycles. The van der Waals surface area contributed by atoms with Crippen molar-refractivity contribution in [1.82, 2.24) is 15.8 Å². The molecule has 1 spiro atoms. The number of ether oxygens (including phenoxy) is 1. The number of hydrazine groups is 1. The molecule has 0 radical (unpaired) electrons. The van der Waals surface area contributed by atoms with E-state index in [2.05, 4.69) is 10.7 Å². The van der Waals surface area contributed by atoms with Crippen molar-refractivity contribution in [3.63, 3.8) is 0 Å². The van der Waals surface area contributed by atoms with Crippen LogP contribution in [-0.2, 0) is 14.3 Å². The van der Waals surface area contributed by atoms with Gasteiger partial charge in [-0.25, -0.2) is 9.59 Å². The quantitative estimate of drug-likeness (QED) is 0.539. The third kappa shape index (κ3) is 3.46. The molecule has 9 heteroatoms. The molecule has 1 saturated heterocycles. The van der Waals surface area contributed by atoms with Crippen LogP contribution in [0.2, 0.25) is 0 Å². The topological polar surface area (TPSA) is 125 Å². The second-order valence-electron chi connectivity index (χ2n) is 6.37. The Morgan fingerprint density at radius 1 is 1.15 bits per heavy atom. The zero-order valence-corrected chi connectivity index (χ0v) is 14.0. The van der Waals surface area contributed by atoms with Gasteiger partial charge >= 0.3 is 12.0 Å². The number of hydrogen-bond donors (Lipinski definition) is 3. The van der Waals surface area contributed by atoms with Gasteiger partial charge in [-0.2, -0.15) is 5.01 Å². The lowest BCUT2D eigenvalue weighted by Crippen LogP contribution is -2.51. The molecule has 1 aromatic carbocycles. The van der Waals surface area contributed by atoms with Crippen molar-refractivity contribution in [3.8, 4) is 5.75 Å². The van der Waals surface area contributed by atoms with Gasteiger partial charge in [0.15, 0.2) is 6.61 Å². The average Bonchev–Trinajstić information content (AvgIpc) is 2.85. The van der Waals surface area contributed by atoms with Gasteiger partial charge in [0, 0.05) is 0 Å². The molecule has 9 nitrogen and oxygen atoms in total. The first kappa shape index (κ1) is 17.7. The number of phenols is 1. The monoisotopic (exact) mass is 361 g/mol. The Hall–Kier alpha value is -3.10. The van der Waals surface area contributed by atoms with Crippen molar-refractivity contribution < 1.29 is 29.0 Å². The van der Waals surface area contributed by atoms with Gasteiger partial charge in [-0.3, -0.25) is 15.0 Å². The SMILES string of the molecule is O=C(COC(=O)c1ccc(O)cc1)NN1C(=O)NC2(CCCCC2)C1=O. The molecule has 2 fully saturated rings. The molecule has 0 atom stereocenters. The Balaban J connectivity index is 1.54. The van der Waals surface area contributed by atoms with Crippen LogP contribution in [0.5, 0.6) is 5.75 Å². The lowest BCUT2D eigenvalue weighted by atomic mass is 9.82. The van der Waals surface area contributed by atoms with Crippen LogP contribution in [0.3, 0.4) is 0 Å². The van der Waals surface area contributed by atoms with E-state index in [0.29, 0.717) is 17.9 Å². The van der Waals surface area contributed by atoms with Gasteiger partial charge in [0.25, 0.3) is 11.8 Å². The van der Waals surface area contributed by atoms with E-state index in [-0.39, 0.29) is 11.3 Å². The zero-order chi connectivity index (χ0) is 18.7. The van der Waals surface area contributed by atoms with E-state index in [1.165, 1.54) is 24.3 Å². The minimum atomic E-state index is -0.939. The molecular formula is C17H19N3O6. The van der Waals surface area contributed by atoms with Gasteiger partial charge in [0.2, 0.25) is 0 Å². The number of hydrogen-bond acceptors (Lipinski definition) is 6. The first-order valence-corrected chi connectivity index (χ1v) is 8.34. The first-order valence-electron chi connectivity index (χ1n) is 8.34. The summed E-state index contributed by atoms with van der Waals surface area (Å²) in [5.41, 5.74) is 1.40. The number of benzene rings is 1. The first-order chi connectivity index (χ1) is 12.4. The lowest BCUT2D eigenvalue weighted by molar-refractivity contribution is -0.140. The fourth-order valence-electron chi connectivity index (χ4n) is 3.18. The summed E-state index contributed by atoms with van der Waals surface area (Å²) in [5, 5.41) is 12.5. The second kappa shape index (κ2) is 7.03. The number of aromatic hydroxyl groups is 1. The number of nitrogens with zero attached hydrogens (tertiary/aromatic N) is 1. The third-order valence-electron chi connectivity index (χ3n) is 4.54. The summed E-state index contributed by atoms with van der Waals surface area (Å²) in [7, 11) is 0. The smallest absolute Gasteiger partial charge is 0.344 e. The molecule has 4 amide bonds. The van der Waals surface area contributed by atoms with Crippen LogP contribution in [-0.4, -0.2) is 46.1 Å². The molecule has 1 saturated carbocycles. The van der Waals surface area contributed by atoms with E-state index in [4.69, 9.17) is 4.74 Å². The molecule has 0 bridgehead atoms. The van der Waals surface area contributed by atoms with Gasteiger partial charge in [-0.1, -0.05) is 19.3 Å². The molecule has 3 rings (SSSR count). The maximum atomic E-state index is 12.5. The molecule has 0 unspecified atom stereocenters. The molecule has 1 aliphatic heterocycles. The second-order valence-corrected chi connectivity index (χ2v) is 6.37. The summed E-state index contributed by atoms with van der Waals surface area (Å²) in [6, 6.07) is 4.64. The van der Waals surface area contributed by atoms with E-state index in [9.17, 15) is 24.3 Å².